The number of benzene rings is 1. The maximum atomic E-state index is 12.0. The van der Waals surface area contributed by atoms with Crippen LogP contribution in [0.1, 0.15) is 6.92 Å². The van der Waals surface area contributed by atoms with Crippen molar-refractivity contribution in [1.29, 1.82) is 0 Å². The summed E-state index contributed by atoms with van der Waals surface area (Å²) >= 11 is 0. The van der Waals surface area contributed by atoms with Crippen LogP contribution in [-0.4, -0.2) is 31.9 Å². The first-order chi connectivity index (χ1) is 10.9. The molecular formula is C16H18N4O2S. The third-order valence-corrected chi connectivity index (χ3v) is 4.84. The molecule has 1 aromatic carbocycles. The highest BCUT2D eigenvalue weighted by atomic mass is 32.2. The van der Waals surface area contributed by atoms with E-state index in [0.29, 0.717) is 10.6 Å². The van der Waals surface area contributed by atoms with Gasteiger partial charge in [-0.3, -0.25) is 9.98 Å². The van der Waals surface area contributed by atoms with Gasteiger partial charge in [0.2, 0.25) is 0 Å². The molecule has 0 spiro atoms. The lowest BCUT2D eigenvalue weighted by Crippen LogP contribution is -2.50. The van der Waals surface area contributed by atoms with Crippen LogP contribution in [0, 0.1) is 0 Å². The van der Waals surface area contributed by atoms with Crippen LogP contribution in [0.2, 0.25) is 0 Å². The first kappa shape index (κ1) is 15.6. The molecule has 2 atom stereocenters. The molecule has 1 aromatic heterocycles. The Morgan fingerprint density at radius 2 is 2.04 bits per heavy atom. The van der Waals surface area contributed by atoms with E-state index in [1.807, 2.05) is 24.0 Å². The second-order valence-corrected chi connectivity index (χ2v) is 7.59. The molecule has 6 nitrogen and oxygen atoms in total. The number of anilines is 1. The first-order valence-electron chi connectivity index (χ1n) is 7.20. The van der Waals surface area contributed by atoms with Gasteiger partial charge in [-0.15, -0.1) is 0 Å². The van der Waals surface area contributed by atoms with Gasteiger partial charge in [-0.1, -0.05) is 6.07 Å². The fourth-order valence-corrected chi connectivity index (χ4v) is 3.51. The average molecular weight is 330 g/mol. The molecule has 0 radical (unpaired) electrons. The molecule has 0 saturated carbocycles. The highest BCUT2D eigenvalue weighted by molar-refractivity contribution is 7.90. The van der Waals surface area contributed by atoms with E-state index in [2.05, 4.69) is 9.98 Å². The number of rotatable bonds is 3. The number of nitrogens with two attached hydrogens (primary N) is 1. The van der Waals surface area contributed by atoms with Crippen LogP contribution in [0.5, 0.6) is 0 Å². The molecule has 2 heterocycles. The molecule has 0 bridgehead atoms. The molecule has 1 aliphatic rings. The lowest BCUT2D eigenvalue weighted by atomic mass is 10.1. The Morgan fingerprint density at radius 3 is 2.65 bits per heavy atom. The van der Waals surface area contributed by atoms with Crippen LogP contribution < -0.4 is 21.2 Å². The molecule has 0 aliphatic carbocycles. The smallest absolute Gasteiger partial charge is 0.176 e. The molecule has 2 N–H and O–H groups in total. The average Bonchev–Trinajstić information content (AvgIpc) is 2.52. The number of fused-ring (bicyclic) bond motifs is 1. The largest absolute Gasteiger partial charge is 0.325 e. The number of sulfone groups is 1. The van der Waals surface area contributed by atoms with Gasteiger partial charge in [0.05, 0.1) is 22.1 Å². The summed E-state index contributed by atoms with van der Waals surface area (Å²) < 4.78 is 24.1. The van der Waals surface area contributed by atoms with E-state index in [1.165, 1.54) is 6.26 Å². The van der Waals surface area contributed by atoms with Crippen LogP contribution >= 0.6 is 0 Å². The zero-order chi connectivity index (χ0) is 16.6. The Kier molecular flexibility index (Phi) is 3.91. The summed E-state index contributed by atoms with van der Waals surface area (Å²) in [6.07, 6.45) is 6.06. The van der Waals surface area contributed by atoms with Crippen molar-refractivity contribution in [2.75, 3.05) is 11.2 Å². The molecule has 1 unspecified atom stereocenters. The van der Waals surface area contributed by atoms with Crippen molar-refractivity contribution >= 4 is 21.7 Å². The summed E-state index contributed by atoms with van der Waals surface area (Å²) in [4.78, 5) is 10.9. The van der Waals surface area contributed by atoms with E-state index in [1.54, 1.807) is 36.8 Å². The van der Waals surface area contributed by atoms with E-state index < -0.39 is 9.84 Å². The van der Waals surface area contributed by atoms with Gasteiger partial charge in [0.25, 0.3) is 0 Å². The van der Waals surface area contributed by atoms with Gasteiger partial charge < -0.3 is 10.6 Å². The SMILES string of the molecule is CC(N)[C@@H]1N=c2cccc(S(C)(=O)=O)c2=CN1c1cccnc1. The standard InChI is InChI=1S/C16H18N4O2S/c1-11(17)16-19-14-6-3-7-15(23(2,21)22)13(14)10-20(16)12-5-4-8-18-9-12/h3-11,16H,17H2,1-2H3/t11?,16-/m1/s1. The number of hydrogen-bond donors (Lipinski definition) is 1. The highest BCUT2D eigenvalue weighted by Gasteiger charge is 2.24. The van der Waals surface area contributed by atoms with Crippen LogP contribution in [0.3, 0.4) is 0 Å². The van der Waals surface area contributed by atoms with Gasteiger partial charge in [0.1, 0.15) is 6.17 Å². The zero-order valence-electron chi connectivity index (χ0n) is 12.9. The molecule has 1 aliphatic heterocycles. The lowest BCUT2D eigenvalue weighted by Gasteiger charge is -2.32. The lowest BCUT2D eigenvalue weighted by molar-refractivity contribution is 0.555. The Morgan fingerprint density at radius 1 is 1.26 bits per heavy atom. The van der Waals surface area contributed by atoms with Gasteiger partial charge in [0.15, 0.2) is 9.84 Å². The highest BCUT2D eigenvalue weighted by Crippen LogP contribution is 2.19. The topological polar surface area (TPSA) is 88.6 Å². The Hall–Kier alpha value is -2.25. The minimum Gasteiger partial charge on any atom is -0.325 e. The molecule has 23 heavy (non-hydrogen) atoms. The van der Waals surface area contributed by atoms with Crippen LogP contribution in [0.15, 0.2) is 52.6 Å². The number of hydrogen-bond acceptors (Lipinski definition) is 6. The monoisotopic (exact) mass is 330 g/mol. The summed E-state index contributed by atoms with van der Waals surface area (Å²) in [5.74, 6) is 0. The molecule has 0 fully saturated rings. The third kappa shape index (κ3) is 2.97. The predicted octanol–water partition coefficient (Wildman–Crippen LogP) is 0.0362. The molecule has 0 amide bonds. The van der Waals surface area contributed by atoms with E-state index in [-0.39, 0.29) is 17.1 Å². The number of nitrogens with zero attached hydrogens (tertiary/aromatic N) is 3. The second-order valence-electron chi connectivity index (χ2n) is 5.61. The van der Waals surface area contributed by atoms with Gasteiger partial charge in [-0.25, -0.2) is 8.42 Å². The minimum atomic E-state index is -3.35. The molecule has 120 valence electrons. The Balaban J connectivity index is 2.30. The fourth-order valence-electron chi connectivity index (χ4n) is 2.62. The van der Waals surface area contributed by atoms with E-state index >= 15 is 0 Å². The molecular weight excluding hydrogens is 312 g/mol. The van der Waals surface area contributed by atoms with Gasteiger partial charge in [0, 0.05) is 29.9 Å². The zero-order valence-corrected chi connectivity index (χ0v) is 13.7. The molecule has 7 heteroatoms. The van der Waals surface area contributed by atoms with Gasteiger partial charge in [-0.2, -0.15) is 0 Å². The third-order valence-electron chi connectivity index (χ3n) is 3.68. The normalized spacial score (nSPS) is 18.6. The summed E-state index contributed by atoms with van der Waals surface area (Å²) in [5.41, 5.74) is 6.89. The van der Waals surface area contributed by atoms with Crippen molar-refractivity contribution in [2.24, 2.45) is 10.7 Å². The van der Waals surface area contributed by atoms with Crippen molar-refractivity contribution < 1.29 is 8.42 Å². The van der Waals surface area contributed by atoms with Crippen LogP contribution in [0.25, 0.3) is 6.20 Å². The van der Waals surface area contributed by atoms with E-state index in [9.17, 15) is 8.42 Å². The first-order valence-corrected chi connectivity index (χ1v) is 9.10. The Bertz CT molecular complexity index is 940. The van der Waals surface area contributed by atoms with Crippen molar-refractivity contribution in [3.8, 4) is 0 Å². The summed E-state index contributed by atoms with van der Waals surface area (Å²) in [5, 5.41) is 1.21. The molecule has 0 saturated heterocycles. The van der Waals surface area contributed by atoms with Crippen molar-refractivity contribution in [2.45, 2.75) is 24.0 Å². The van der Waals surface area contributed by atoms with Crippen molar-refractivity contribution in [3.05, 3.63) is 53.3 Å². The van der Waals surface area contributed by atoms with Crippen LogP contribution in [0.4, 0.5) is 5.69 Å². The van der Waals surface area contributed by atoms with E-state index in [0.717, 1.165) is 5.69 Å². The van der Waals surface area contributed by atoms with Crippen molar-refractivity contribution in [1.82, 2.24) is 4.98 Å². The summed E-state index contributed by atoms with van der Waals surface area (Å²) in [6.45, 7) is 1.87. The van der Waals surface area contributed by atoms with Gasteiger partial charge >= 0.3 is 0 Å². The quantitative estimate of drug-likeness (QED) is 0.858. The maximum absolute atomic E-state index is 12.0. The fraction of sp³-hybridized carbons (Fsp3) is 0.250. The predicted molar refractivity (Wildman–Crippen MR) is 89.0 cm³/mol. The van der Waals surface area contributed by atoms with Crippen LogP contribution in [-0.2, 0) is 9.84 Å². The number of aromatic nitrogens is 1. The minimum absolute atomic E-state index is 0.235. The Labute approximate surface area is 134 Å². The van der Waals surface area contributed by atoms with Gasteiger partial charge in [-0.05, 0) is 31.2 Å². The second kappa shape index (κ2) is 5.75. The molecule has 2 aromatic rings. The summed E-state index contributed by atoms with van der Waals surface area (Å²) in [7, 11) is -3.35. The summed E-state index contributed by atoms with van der Waals surface area (Å²) in [6, 6.07) is 8.57. The van der Waals surface area contributed by atoms with Crippen molar-refractivity contribution in [3.63, 3.8) is 0 Å². The molecule has 3 rings (SSSR count). The number of pyridine rings is 1. The van der Waals surface area contributed by atoms with E-state index in [4.69, 9.17) is 5.73 Å². The maximum Gasteiger partial charge on any atom is 0.176 e.